The second-order valence-corrected chi connectivity index (χ2v) is 5.80. The fraction of sp³-hybridized carbons (Fsp3) is 0.0952. The molecular formula is C21H19BrN2O2. The molecule has 0 atom stereocenters. The highest BCUT2D eigenvalue weighted by Gasteiger charge is 2.16. The van der Waals surface area contributed by atoms with Crippen LogP contribution in [0.1, 0.15) is 16.8 Å². The lowest BCUT2D eigenvalue weighted by Gasteiger charge is -2.07. The predicted molar refractivity (Wildman–Crippen MR) is 98.0 cm³/mol. The van der Waals surface area contributed by atoms with E-state index < -0.39 is 0 Å². The van der Waals surface area contributed by atoms with Crippen molar-refractivity contribution >= 4 is 11.3 Å². The van der Waals surface area contributed by atoms with E-state index in [1.165, 1.54) is 11.6 Å². The Hall–Kier alpha value is -2.79. The molecule has 0 aliphatic rings. The number of aryl methyl sites for hydroxylation is 2. The van der Waals surface area contributed by atoms with Crippen LogP contribution in [0.3, 0.4) is 0 Å². The van der Waals surface area contributed by atoms with E-state index in [2.05, 4.69) is 23.3 Å². The van der Waals surface area contributed by atoms with Crippen molar-refractivity contribution < 1.29 is 26.5 Å². The van der Waals surface area contributed by atoms with Crippen LogP contribution in [0.4, 0.5) is 5.69 Å². The van der Waals surface area contributed by atoms with Gasteiger partial charge in [0.1, 0.15) is 0 Å². The van der Waals surface area contributed by atoms with E-state index in [1.807, 2.05) is 48.7 Å². The third-order valence-electron chi connectivity index (χ3n) is 4.14. The normalized spacial score (nSPS) is 10.0. The molecule has 0 saturated heterocycles. The Morgan fingerprint density at radius 1 is 1.00 bits per heavy atom. The van der Waals surface area contributed by atoms with Gasteiger partial charge in [-0.25, -0.2) is 0 Å². The smallest absolute Gasteiger partial charge is 0.270 e. The average Bonchev–Trinajstić information content (AvgIpc) is 2.67. The quantitative estimate of drug-likeness (QED) is 0.348. The Morgan fingerprint density at radius 3 is 2.46 bits per heavy atom. The molecule has 0 spiro atoms. The maximum absolute atomic E-state index is 11.0. The van der Waals surface area contributed by atoms with E-state index in [-0.39, 0.29) is 27.6 Å². The van der Waals surface area contributed by atoms with Crippen LogP contribution in [-0.2, 0) is 13.0 Å². The number of nitro groups is 1. The zero-order chi connectivity index (χ0) is 17.6. The summed E-state index contributed by atoms with van der Waals surface area (Å²) in [6.45, 7) is 4.98. The summed E-state index contributed by atoms with van der Waals surface area (Å²) in [7, 11) is 0. The van der Waals surface area contributed by atoms with Crippen molar-refractivity contribution in [3.05, 3.63) is 113 Å². The average molecular weight is 411 g/mol. The summed E-state index contributed by atoms with van der Waals surface area (Å²) in [4.78, 5) is 10.6. The molecule has 0 aliphatic heterocycles. The van der Waals surface area contributed by atoms with Gasteiger partial charge in [0.2, 0.25) is 5.69 Å². The summed E-state index contributed by atoms with van der Waals surface area (Å²) in [6.07, 6.45) is 2.92. The van der Waals surface area contributed by atoms with Gasteiger partial charge in [-0.2, -0.15) is 4.57 Å². The van der Waals surface area contributed by atoms with E-state index in [9.17, 15) is 10.1 Å². The van der Waals surface area contributed by atoms with Gasteiger partial charge in [-0.15, -0.1) is 0 Å². The van der Waals surface area contributed by atoms with Crippen molar-refractivity contribution in [3.8, 4) is 0 Å². The standard InChI is InChI=1S/C21H19N2O2.BrH/c1-17(19-10-7-11-20(16-19)23(24)25)21-12-5-6-14-22(21)15-13-18-8-3-2-4-9-18;/h2-12,14,16H,1,13,15H2;1H/q+1;/p-1. The van der Waals surface area contributed by atoms with Gasteiger partial charge in [0.05, 0.1) is 4.92 Å². The molecule has 26 heavy (non-hydrogen) atoms. The molecular weight excluding hydrogens is 392 g/mol. The Bertz CT molecular complexity index is 911. The first-order valence-electron chi connectivity index (χ1n) is 8.11. The van der Waals surface area contributed by atoms with Crippen LogP contribution in [0.2, 0.25) is 0 Å². The highest BCUT2D eigenvalue weighted by molar-refractivity contribution is 5.75. The number of benzene rings is 2. The lowest BCUT2D eigenvalue weighted by molar-refractivity contribution is -0.698. The van der Waals surface area contributed by atoms with Crippen molar-refractivity contribution in [2.24, 2.45) is 0 Å². The number of hydrogen-bond donors (Lipinski definition) is 0. The van der Waals surface area contributed by atoms with Gasteiger partial charge < -0.3 is 17.0 Å². The number of nitro benzene ring substituents is 1. The summed E-state index contributed by atoms with van der Waals surface area (Å²) in [5, 5.41) is 11.0. The van der Waals surface area contributed by atoms with Gasteiger partial charge in [0.15, 0.2) is 12.7 Å². The predicted octanol–water partition coefficient (Wildman–Crippen LogP) is 1.19. The van der Waals surface area contributed by atoms with Crippen LogP contribution in [0.25, 0.3) is 5.57 Å². The van der Waals surface area contributed by atoms with Crippen LogP contribution in [0.5, 0.6) is 0 Å². The molecule has 2 aromatic carbocycles. The van der Waals surface area contributed by atoms with E-state index >= 15 is 0 Å². The highest BCUT2D eigenvalue weighted by atomic mass is 79.9. The molecule has 0 radical (unpaired) electrons. The zero-order valence-electron chi connectivity index (χ0n) is 14.2. The first-order chi connectivity index (χ1) is 12.1. The number of aromatic nitrogens is 1. The Labute approximate surface area is 163 Å². The molecule has 1 aromatic heterocycles. The summed E-state index contributed by atoms with van der Waals surface area (Å²) in [5.41, 5.74) is 3.83. The van der Waals surface area contributed by atoms with Gasteiger partial charge in [0.25, 0.3) is 5.69 Å². The molecule has 3 rings (SSSR count). The summed E-state index contributed by atoms with van der Waals surface area (Å²) in [5.74, 6) is 0. The van der Waals surface area contributed by atoms with Gasteiger partial charge >= 0.3 is 0 Å². The van der Waals surface area contributed by atoms with Crippen molar-refractivity contribution in [1.29, 1.82) is 0 Å². The Morgan fingerprint density at radius 2 is 1.73 bits per heavy atom. The molecule has 5 heteroatoms. The van der Waals surface area contributed by atoms with Crippen molar-refractivity contribution in [2.45, 2.75) is 13.0 Å². The summed E-state index contributed by atoms with van der Waals surface area (Å²) < 4.78 is 2.13. The van der Waals surface area contributed by atoms with E-state index in [0.717, 1.165) is 29.8 Å². The lowest BCUT2D eigenvalue weighted by atomic mass is 10.0. The number of halogens is 1. The molecule has 0 amide bonds. The van der Waals surface area contributed by atoms with Crippen molar-refractivity contribution in [3.63, 3.8) is 0 Å². The lowest BCUT2D eigenvalue weighted by Crippen LogP contribution is -3.00. The molecule has 0 unspecified atom stereocenters. The van der Waals surface area contributed by atoms with Crippen LogP contribution >= 0.6 is 0 Å². The van der Waals surface area contributed by atoms with E-state index in [0.29, 0.717) is 0 Å². The number of rotatable bonds is 6. The second kappa shape index (κ2) is 9.06. The van der Waals surface area contributed by atoms with E-state index in [4.69, 9.17) is 0 Å². The fourth-order valence-electron chi connectivity index (χ4n) is 2.79. The van der Waals surface area contributed by atoms with Gasteiger partial charge in [-0.3, -0.25) is 10.1 Å². The Kier molecular flexibility index (Phi) is 6.81. The van der Waals surface area contributed by atoms with Crippen LogP contribution < -0.4 is 21.5 Å². The molecule has 0 saturated carbocycles. The maximum Gasteiger partial charge on any atom is 0.270 e. The molecule has 4 nitrogen and oxygen atoms in total. The highest BCUT2D eigenvalue weighted by Crippen LogP contribution is 2.23. The topological polar surface area (TPSA) is 47.0 Å². The first-order valence-corrected chi connectivity index (χ1v) is 8.11. The van der Waals surface area contributed by atoms with Crippen LogP contribution in [0.15, 0.2) is 85.6 Å². The zero-order valence-corrected chi connectivity index (χ0v) is 15.8. The SMILES string of the molecule is C=C(c1cccc([N+](=O)[O-])c1)c1cccc[n+]1CCc1ccccc1.[Br-]. The minimum Gasteiger partial charge on any atom is -1.00 e. The third-order valence-corrected chi connectivity index (χ3v) is 4.14. The fourth-order valence-corrected chi connectivity index (χ4v) is 2.79. The molecule has 0 fully saturated rings. The van der Waals surface area contributed by atoms with E-state index in [1.54, 1.807) is 12.1 Å². The van der Waals surface area contributed by atoms with Gasteiger partial charge in [0, 0.05) is 36.3 Å². The minimum absolute atomic E-state index is 0. The molecule has 3 aromatic rings. The van der Waals surface area contributed by atoms with Crippen molar-refractivity contribution in [2.75, 3.05) is 0 Å². The van der Waals surface area contributed by atoms with Crippen LogP contribution in [-0.4, -0.2) is 4.92 Å². The Balaban J connectivity index is 0.00000243. The first kappa shape index (κ1) is 19.5. The number of pyridine rings is 1. The molecule has 132 valence electrons. The number of nitrogens with zero attached hydrogens (tertiary/aromatic N) is 2. The monoisotopic (exact) mass is 410 g/mol. The number of hydrogen-bond acceptors (Lipinski definition) is 2. The third kappa shape index (κ3) is 4.64. The van der Waals surface area contributed by atoms with Gasteiger partial charge in [-0.1, -0.05) is 49.0 Å². The van der Waals surface area contributed by atoms with Crippen molar-refractivity contribution in [1.82, 2.24) is 0 Å². The second-order valence-electron chi connectivity index (χ2n) is 5.80. The largest absolute Gasteiger partial charge is 1.00 e. The molecule has 0 bridgehead atoms. The molecule has 0 aliphatic carbocycles. The minimum atomic E-state index is -0.384. The van der Waals surface area contributed by atoms with Crippen LogP contribution in [0, 0.1) is 10.1 Å². The summed E-state index contributed by atoms with van der Waals surface area (Å²) in [6, 6.07) is 22.8. The maximum atomic E-state index is 11.0. The summed E-state index contributed by atoms with van der Waals surface area (Å²) >= 11 is 0. The molecule has 0 N–H and O–H groups in total. The molecule has 1 heterocycles. The number of non-ortho nitro benzene ring substituents is 1. The van der Waals surface area contributed by atoms with Gasteiger partial charge in [-0.05, 0) is 17.2 Å².